The third kappa shape index (κ3) is 3.62. The number of aryl methyl sites for hydroxylation is 1. The van der Waals surface area contributed by atoms with Gasteiger partial charge < -0.3 is 9.80 Å². The molecule has 1 aromatic rings. The number of anilines is 1. The number of likely N-dealkylation sites (N-methyl/N-ethyl adjacent to an activating group) is 1. The Morgan fingerprint density at radius 3 is 2.18 bits per heavy atom. The lowest BCUT2D eigenvalue weighted by Crippen LogP contribution is -2.44. The van der Waals surface area contributed by atoms with Gasteiger partial charge in [0.2, 0.25) is 0 Å². The van der Waals surface area contributed by atoms with E-state index in [0.29, 0.717) is 0 Å². The molecule has 0 saturated carbocycles. The van der Waals surface area contributed by atoms with Gasteiger partial charge in [-0.3, -0.25) is 0 Å². The van der Waals surface area contributed by atoms with Crippen molar-refractivity contribution < 1.29 is 0 Å². The van der Waals surface area contributed by atoms with Crippen LogP contribution in [0.1, 0.15) is 19.4 Å². The second-order valence-corrected chi connectivity index (χ2v) is 4.60. The van der Waals surface area contributed by atoms with Crippen molar-refractivity contribution in [2.24, 2.45) is 0 Å². The van der Waals surface area contributed by atoms with Crippen LogP contribution >= 0.6 is 11.6 Å². The molecule has 1 aromatic carbocycles. The minimum absolute atomic E-state index is 0.875. The van der Waals surface area contributed by atoms with E-state index in [-0.39, 0.29) is 0 Å². The molecule has 1 heterocycles. The number of rotatable bonds is 1. The third-order valence-electron chi connectivity index (χ3n) is 3.01. The first-order valence-corrected chi connectivity index (χ1v) is 6.75. The van der Waals surface area contributed by atoms with E-state index >= 15 is 0 Å². The Labute approximate surface area is 110 Å². The van der Waals surface area contributed by atoms with Crippen molar-refractivity contribution in [1.82, 2.24) is 4.90 Å². The first kappa shape index (κ1) is 14.3. The zero-order valence-electron chi connectivity index (χ0n) is 11.3. The Bertz CT molecular complexity index is 324. The van der Waals surface area contributed by atoms with Crippen LogP contribution in [0.25, 0.3) is 0 Å². The summed E-state index contributed by atoms with van der Waals surface area (Å²) >= 11 is 6.24. The van der Waals surface area contributed by atoms with E-state index in [1.807, 2.05) is 26.0 Å². The van der Waals surface area contributed by atoms with Crippen LogP contribution < -0.4 is 4.90 Å². The first-order valence-electron chi connectivity index (χ1n) is 6.37. The lowest BCUT2D eigenvalue weighted by atomic mass is 10.1. The minimum atomic E-state index is 0.875. The second kappa shape index (κ2) is 6.87. The molecule has 2 rings (SSSR count). The molecule has 0 spiro atoms. The fourth-order valence-corrected chi connectivity index (χ4v) is 2.39. The highest BCUT2D eigenvalue weighted by atomic mass is 35.5. The average molecular weight is 255 g/mol. The Hall–Kier alpha value is -0.730. The highest BCUT2D eigenvalue weighted by Gasteiger charge is 2.17. The van der Waals surface area contributed by atoms with Gasteiger partial charge in [-0.05, 0) is 25.6 Å². The number of piperazine rings is 1. The van der Waals surface area contributed by atoms with E-state index < -0.39 is 0 Å². The summed E-state index contributed by atoms with van der Waals surface area (Å²) in [6.07, 6.45) is 0. The van der Waals surface area contributed by atoms with Gasteiger partial charge in [-0.15, -0.1) is 0 Å². The molecule has 96 valence electrons. The van der Waals surface area contributed by atoms with Crippen LogP contribution in [-0.2, 0) is 0 Å². The van der Waals surface area contributed by atoms with E-state index in [9.17, 15) is 0 Å². The number of benzene rings is 1. The molecule has 1 aliphatic heterocycles. The van der Waals surface area contributed by atoms with Gasteiger partial charge in [0.25, 0.3) is 0 Å². The predicted molar refractivity (Wildman–Crippen MR) is 77.2 cm³/mol. The van der Waals surface area contributed by atoms with Crippen molar-refractivity contribution in [1.29, 1.82) is 0 Å². The van der Waals surface area contributed by atoms with Crippen molar-refractivity contribution in [3.8, 4) is 0 Å². The average Bonchev–Trinajstić information content (AvgIpc) is 2.34. The van der Waals surface area contributed by atoms with Gasteiger partial charge in [-0.1, -0.05) is 37.6 Å². The Kier molecular flexibility index (Phi) is 5.79. The normalized spacial score (nSPS) is 16.4. The molecule has 3 heteroatoms. The second-order valence-electron chi connectivity index (χ2n) is 4.20. The van der Waals surface area contributed by atoms with Crippen molar-refractivity contribution in [3.05, 3.63) is 28.8 Å². The molecule has 0 bridgehead atoms. The molecule has 0 radical (unpaired) electrons. The fraction of sp³-hybridized carbons (Fsp3) is 0.571. The Morgan fingerprint density at radius 1 is 1.06 bits per heavy atom. The lowest BCUT2D eigenvalue weighted by Gasteiger charge is -2.35. The van der Waals surface area contributed by atoms with Crippen LogP contribution in [0.5, 0.6) is 0 Å². The zero-order chi connectivity index (χ0) is 12.8. The van der Waals surface area contributed by atoms with Crippen molar-refractivity contribution in [3.63, 3.8) is 0 Å². The van der Waals surface area contributed by atoms with E-state index in [1.54, 1.807) is 0 Å². The highest BCUT2D eigenvalue weighted by molar-refractivity contribution is 6.33. The van der Waals surface area contributed by atoms with E-state index in [4.69, 9.17) is 11.6 Å². The van der Waals surface area contributed by atoms with Crippen LogP contribution in [-0.4, -0.2) is 38.1 Å². The zero-order valence-corrected chi connectivity index (χ0v) is 12.1. The fourth-order valence-electron chi connectivity index (χ4n) is 2.05. The maximum absolute atomic E-state index is 6.24. The molecule has 2 nitrogen and oxygen atoms in total. The molecule has 0 atom stereocenters. The summed E-state index contributed by atoms with van der Waals surface area (Å²) in [6, 6.07) is 6.11. The van der Waals surface area contributed by atoms with E-state index in [1.165, 1.54) is 11.3 Å². The van der Waals surface area contributed by atoms with Gasteiger partial charge in [0.15, 0.2) is 0 Å². The molecule has 17 heavy (non-hydrogen) atoms. The molecule has 1 fully saturated rings. The van der Waals surface area contributed by atoms with Crippen molar-refractivity contribution >= 4 is 17.3 Å². The monoisotopic (exact) mass is 254 g/mol. The van der Waals surface area contributed by atoms with E-state index in [0.717, 1.165) is 31.2 Å². The van der Waals surface area contributed by atoms with Gasteiger partial charge in [-0.25, -0.2) is 0 Å². The topological polar surface area (TPSA) is 6.48 Å². The molecular weight excluding hydrogens is 232 g/mol. The minimum Gasteiger partial charge on any atom is -0.368 e. The molecular formula is C14H23ClN2. The maximum atomic E-state index is 6.24. The van der Waals surface area contributed by atoms with Crippen molar-refractivity contribution in [2.45, 2.75) is 20.8 Å². The molecule has 0 unspecified atom stereocenters. The van der Waals surface area contributed by atoms with Crippen LogP contribution in [0.3, 0.4) is 0 Å². The van der Waals surface area contributed by atoms with Gasteiger partial charge >= 0.3 is 0 Å². The maximum Gasteiger partial charge on any atom is 0.0642 e. The molecule has 0 N–H and O–H groups in total. The first-order chi connectivity index (χ1) is 8.18. The number of nitrogens with zero attached hydrogens (tertiary/aromatic N) is 2. The SMILES string of the molecule is CC.Cc1cccc(Cl)c1N1CCN(C)CC1. The Morgan fingerprint density at radius 2 is 1.65 bits per heavy atom. The summed E-state index contributed by atoms with van der Waals surface area (Å²) in [7, 11) is 2.16. The summed E-state index contributed by atoms with van der Waals surface area (Å²) in [5.41, 5.74) is 2.49. The smallest absolute Gasteiger partial charge is 0.0642 e. The van der Waals surface area contributed by atoms with Gasteiger partial charge in [0, 0.05) is 26.2 Å². The lowest BCUT2D eigenvalue weighted by molar-refractivity contribution is 0.312. The quantitative estimate of drug-likeness (QED) is 0.758. The third-order valence-corrected chi connectivity index (χ3v) is 3.31. The summed E-state index contributed by atoms with van der Waals surface area (Å²) in [5.74, 6) is 0. The predicted octanol–water partition coefficient (Wildman–Crippen LogP) is 3.43. The number of para-hydroxylation sites is 1. The van der Waals surface area contributed by atoms with Crippen LogP contribution in [0.15, 0.2) is 18.2 Å². The number of hydrogen-bond donors (Lipinski definition) is 0. The summed E-state index contributed by atoms with van der Waals surface area (Å²) < 4.78 is 0. The molecule has 0 aliphatic carbocycles. The molecule has 0 aromatic heterocycles. The van der Waals surface area contributed by atoms with Gasteiger partial charge in [-0.2, -0.15) is 0 Å². The van der Waals surface area contributed by atoms with Crippen LogP contribution in [0.2, 0.25) is 5.02 Å². The van der Waals surface area contributed by atoms with Gasteiger partial charge in [0.1, 0.15) is 0 Å². The summed E-state index contributed by atoms with van der Waals surface area (Å²) in [6.45, 7) is 10.5. The van der Waals surface area contributed by atoms with Crippen LogP contribution in [0, 0.1) is 6.92 Å². The van der Waals surface area contributed by atoms with E-state index in [2.05, 4.69) is 29.8 Å². The van der Waals surface area contributed by atoms with Crippen LogP contribution in [0.4, 0.5) is 5.69 Å². The number of hydrogen-bond acceptors (Lipinski definition) is 2. The molecule has 1 saturated heterocycles. The summed E-state index contributed by atoms with van der Waals surface area (Å²) in [5, 5.41) is 0.875. The largest absolute Gasteiger partial charge is 0.368 e. The summed E-state index contributed by atoms with van der Waals surface area (Å²) in [4.78, 5) is 4.74. The van der Waals surface area contributed by atoms with Gasteiger partial charge in [0.05, 0.1) is 10.7 Å². The highest BCUT2D eigenvalue weighted by Crippen LogP contribution is 2.29. The van der Waals surface area contributed by atoms with Crippen molar-refractivity contribution in [2.75, 3.05) is 38.1 Å². The standard InChI is InChI=1S/C12H17ClN2.C2H6/c1-10-4-3-5-11(13)12(10)15-8-6-14(2)7-9-15;1-2/h3-5H,6-9H2,1-2H3;1-2H3. The molecule has 0 amide bonds. The number of halogens is 1. The Balaban J connectivity index is 0.000000686. The molecule has 1 aliphatic rings.